The molecule has 1 aromatic carbocycles. The number of halogens is 3. The predicted molar refractivity (Wildman–Crippen MR) is 100 cm³/mol. The molecule has 0 amide bonds. The Balaban J connectivity index is 1.68. The summed E-state index contributed by atoms with van der Waals surface area (Å²) in [6.45, 7) is 1.09. The third-order valence-electron chi connectivity index (χ3n) is 3.80. The van der Waals surface area contributed by atoms with Gasteiger partial charge in [0.25, 0.3) is 0 Å². The van der Waals surface area contributed by atoms with E-state index in [4.69, 9.17) is 0 Å². The van der Waals surface area contributed by atoms with Crippen molar-refractivity contribution >= 4 is 23.0 Å². The quantitative estimate of drug-likeness (QED) is 0.304. The Hall–Kier alpha value is -3.90. The van der Waals surface area contributed by atoms with E-state index in [1.54, 1.807) is 18.7 Å². The molecule has 0 aliphatic rings. The molecule has 0 saturated heterocycles. The number of nitrogens with one attached hydrogen (secondary N) is 2. The molecule has 0 fully saturated rings. The summed E-state index contributed by atoms with van der Waals surface area (Å²) >= 11 is 0. The van der Waals surface area contributed by atoms with Gasteiger partial charge in [0.1, 0.15) is 12.1 Å². The van der Waals surface area contributed by atoms with E-state index in [-0.39, 0.29) is 23.0 Å². The maximum absolute atomic E-state index is 12.2. The fourth-order valence-corrected chi connectivity index (χ4v) is 2.54. The number of alkyl halides is 3. The monoisotopic (exact) mass is 423 g/mol. The number of nitro groups is 1. The molecule has 0 bridgehead atoms. The summed E-state index contributed by atoms with van der Waals surface area (Å²) in [6.07, 6.45) is 2.14. The average Bonchev–Trinajstić information content (AvgIpc) is 3.19. The summed E-state index contributed by atoms with van der Waals surface area (Å²) in [4.78, 5) is 22.6. The van der Waals surface area contributed by atoms with Gasteiger partial charge in [0.2, 0.25) is 11.6 Å². The van der Waals surface area contributed by atoms with Crippen molar-refractivity contribution in [2.45, 2.75) is 19.3 Å². The van der Waals surface area contributed by atoms with Crippen LogP contribution in [0.3, 0.4) is 0 Å². The number of nitrogens with zero attached hydrogens (tertiary/aromatic N) is 5. The van der Waals surface area contributed by atoms with Crippen LogP contribution >= 0.6 is 0 Å². The highest BCUT2D eigenvalue weighted by Crippen LogP contribution is 2.32. The van der Waals surface area contributed by atoms with E-state index < -0.39 is 17.0 Å². The molecule has 0 spiro atoms. The molecule has 0 radical (unpaired) electrons. The van der Waals surface area contributed by atoms with Crippen molar-refractivity contribution < 1.29 is 22.8 Å². The van der Waals surface area contributed by atoms with Crippen LogP contribution in [0.1, 0.15) is 6.42 Å². The highest BCUT2D eigenvalue weighted by Gasteiger charge is 2.31. The minimum atomic E-state index is -4.81. The van der Waals surface area contributed by atoms with Crippen LogP contribution in [0.5, 0.6) is 5.75 Å². The summed E-state index contributed by atoms with van der Waals surface area (Å²) in [7, 11) is 0. The molecule has 0 aliphatic heterocycles. The van der Waals surface area contributed by atoms with E-state index in [1.165, 1.54) is 12.1 Å². The fourth-order valence-electron chi connectivity index (χ4n) is 2.54. The maximum atomic E-state index is 12.2. The molecule has 3 rings (SSSR count). The van der Waals surface area contributed by atoms with Crippen molar-refractivity contribution in [1.29, 1.82) is 0 Å². The second-order valence-electron chi connectivity index (χ2n) is 5.95. The lowest BCUT2D eigenvalue weighted by Crippen LogP contribution is -2.17. The topological polar surface area (TPSA) is 120 Å². The molecule has 0 atom stereocenters. The molecule has 2 N–H and O–H groups in total. The largest absolute Gasteiger partial charge is 0.573 e. The van der Waals surface area contributed by atoms with Gasteiger partial charge in [-0.1, -0.05) is 0 Å². The summed E-state index contributed by atoms with van der Waals surface area (Å²) < 4.78 is 42.4. The molecule has 0 unspecified atom stereocenters. The van der Waals surface area contributed by atoms with Crippen LogP contribution in [-0.4, -0.2) is 37.3 Å². The maximum Gasteiger partial charge on any atom is 0.573 e. The van der Waals surface area contributed by atoms with E-state index in [0.29, 0.717) is 19.5 Å². The van der Waals surface area contributed by atoms with Crippen molar-refractivity contribution in [2.24, 2.45) is 0 Å². The zero-order chi connectivity index (χ0) is 21.6. The Kier molecular flexibility index (Phi) is 6.29. The second kappa shape index (κ2) is 9.07. The SMILES string of the molecule is O=[N+]([O-])c1c(NCCCn2ccnc2)ncnc1Nc1ccc(OC(F)(F)F)cc1. The van der Waals surface area contributed by atoms with Gasteiger partial charge in [-0.15, -0.1) is 13.2 Å². The molecule has 2 aromatic heterocycles. The van der Waals surface area contributed by atoms with Gasteiger partial charge in [0.15, 0.2) is 0 Å². The summed E-state index contributed by atoms with van der Waals surface area (Å²) in [5.41, 5.74) is -0.0897. The van der Waals surface area contributed by atoms with Crippen molar-refractivity contribution in [3.8, 4) is 5.75 Å². The Bertz CT molecular complexity index is 979. The first kappa shape index (κ1) is 20.8. The predicted octanol–water partition coefficient (Wildman–Crippen LogP) is 3.73. The molecule has 0 aliphatic carbocycles. The molecule has 10 nitrogen and oxygen atoms in total. The molecular formula is C17H16F3N7O3. The summed E-state index contributed by atoms with van der Waals surface area (Å²) in [5.74, 6) is -0.484. The van der Waals surface area contributed by atoms with Crippen LogP contribution in [0.15, 0.2) is 49.3 Å². The lowest BCUT2D eigenvalue weighted by Gasteiger charge is -2.11. The molecule has 2 heterocycles. The lowest BCUT2D eigenvalue weighted by atomic mass is 10.3. The zero-order valence-corrected chi connectivity index (χ0v) is 15.3. The van der Waals surface area contributed by atoms with Gasteiger partial charge in [0, 0.05) is 31.2 Å². The lowest BCUT2D eigenvalue weighted by molar-refractivity contribution is -0.383. The van der Waals surface area contributed by atoms with Gasteiger partial charge in [-0.2, -0.15) is 0 Å². The van der Waals surface area contributed by atoms with Gasteiger partial charge in [-0.25, -0.2) is 15.0 Å². The first-order valence-electron chi connectivity index (χ1n) is 8.63. The van der Waals surface area contributed by atoms with Crippen molar-refractivity contribution in [2.75, 3.05) is 17.2 Å². The first-order chi connectivity index (χ1) is 14.3. The molecule has 0 saturated carbocycles. The first-order valence-corrected chi connectivity index (χ1v) is 8.63. The van der Waals surface area contributed by atoms with Gasteiger partial charge >= 0.3 is 12.0 Å². The van der Waals surface area contributed by atoms with E-state index in [9.17, 15) is 23.3 Å². The van der Waals surface area contributed by atoms with Crippen LogP contribution in [-0.2, 0) is 6.54 Å². The van der Waals surface area contributed by atoms with Gasteiger partial charge in [-0.05, 0) is 30.7 Å². The molecular weight excluding hydrogens is 407 g/mol. The number of rotatable bonds is 9. The van der Waals surface area contributed by atoms with Crippen LogP contribution < -0.4 is 15.4 Å². The van der Waals surface area contributed by atoms with E-state index in [0.717, 1.165) is 18.5 Å². The number of ether oxygens (including phenoxy) is 1. The Morgan fingerprint density at radius 3 is 2.53 bits per heavy atom. The van der Waals surface area contributed by atoms with Gasteiger partial charge < -0.3 is 19.9 Å². The van der Waals surface area contributed by atoms with Crippen molar-refractivity contribution in [3.63, 3.8) is 0 Å². The summed E-state index contributed by atoms with van der Waals surface area (Å²) in [5, 5.41) is 17.2. The van der Waals surface area contributed by atoms with Crippen LogP contribution in [0, 0.1) is 10.1 Å². The third-order valence-corrected chi connectivity index (χ3v) is 3.80. The van der Waals surface area contributed by atoms with Crippen LogP contribution in [0.2, 0.25) is 0 Å². The Morgan fingerprint density at radius 1 is 1.17 bits per heavy atom. The minimum Gasteiger partial charge on any atom is -0.406 e. The number of aromatic nitrogens is 4. The third kappa shape index (κ3) is 5.80. The second-order valence-corrected chi connectivity index (χ2v) is 5.95. The zero-order valence-electron chi connectivity index (χ0n) is 15.3. The van der Waals surface area contributed by atoms with E-state index in [1.807, 2.05) is 4.57 Å². The number of hydrogen-bond donors (Lipinski definition) is 2. The Labute approximate surface area is 167 Å². The number of anilines is 3. The normalized spacial score (nSPS) is 11.2. The Morgan fingerprint density at radius 2 is 1.90 bits per heavy atom. The molecule has 13 heteroatoms. The number of hydrogen-bond acceptors (Lipinski definition) is 8. The van der Waals surface area contributed by atoms with Crippen LogP contribution in [0.4, 0.5) is 36.2 Å². The summed E-state index contributed by atoms with van der Waals surface area (Å²) in [6, 6.07) is 4.73. The van der Waals surface area contributed by atoms with Gasteiger partial charge in [-0.3, -0.25) is 10.1 Å². The highest BCUT2D eigenvalue weighted by atomic mass is 19.4. The molecule has 158 valence electrons. The van der Waals surface area contributed by atoms with E-state index in [2.05, 4.69) is 30.3 Å². The highest BCUT2D eigenvalue weighted by molar-refractivity contribution is 5.73. The standard InChI is InChI=1S/C17H16F3N7O3/c18-17(19,20)30-13-4-2-12(3-5-13)25-16-14(27(28)29)15(23-10-24-16)22-6-1-8-26-9-7-21-11-26/h2-5,7,9-11H,1,6,8H2,(H2,22,23,24,25). The van der Waals surface area contributed by atoms with Crippen LogP contribution in [0.25, 0.3) is 0 Å². The minimum absolute atomic E-state index is 0.0279. The number of imidazole rings is 1. The van der Waals surface area contributed by atoms with E-state index >= 15 is 0 Å². The van der Waals surface area contributed by atoms with Gasteiger partial charge in [0.05, 0.1) is 11.3 Å². The average molecular weight is 423 g/mol. The number of aryl methyl sites for hydroxylation is 1. The van der Waals surface area contributed by atoms with Crippen molar-refractivity contribution in [3.05, 3.63) is 59.4 Å². The van der Waals surface area contributed by atoms with Crippen molar-refractivity contribution in [1.82, 2.24) is 19.5 Å². The fraction of sp³-hybridized carbons (Fsp3) is 0.235. The number of benzene rings is 1. The molecule has 30 heavy (non-hydrogen) atoms. The molecule has 3 aromatic rings. The smallest absolute Gasteiger partial charge is 0.406 e.